The van der Waals surface area contributed by atoms with E-state index < -0.39 is 0 Å². The summed E-state index contributed by atoms with van der Waals surface area (Å²) in [7, 11) is 0. The molecular weight excluding hydrogens is 477 g/mol. The van der Waals surface area contributed by atoms with Crippen molar-refractivity contribution in [2.75, 3.05) is 11.9 Å². The zero-order valence-corrected chi connectivity index (χ0v) is 20.0. The molecule has 0 saturated carbocycles. The van der Waals surface area contributed by atoms with Gasteiger partial charge in [-0.3, -0.25) is 19.3 Å². The van der Waals surface area contributed by atoms with Crippen molar-refractivity contribution in [3.8, 4) is 0 Å². The minimum Gasteiger partial charge on any atom is -0.337 e. The molecule has 1 fully saturated rings. The van der Waals surface area contributed by atoms with E-state index in [-0.39, 0.29) is 29.4 Å². The summed E-state index contributed by atoms with van der Waals surface area (Å²) in [6.45, 7) is 0.349. The summed E-state index contributed by atoms with van der Waals surface area (Å²) in [6.07, 6.45) is 4.10. The number of nitrogens with zero attached hydrogens (tertiary/aromatic N) is 2. The molecule has 1 aliphatic rings. The second-order valence-corrected chi connectivity index (χ2v) is 9.35. The number of halogens is 1. The van der Waals surface area contributed by atoms with E-state index in [4.69, 9.17) is 0 Å². The Hall–Kier alpha value is -4.17. The van der Waals surface area contributed by atoms with Crippen LogP contribution in [0.15, 0.2) is 90.0 Å². The zero-order valence-electron chi connectivity index (χ0n) is 19.2. The van der Waals surface area contributed by atoms with Crippen LogP contribution in [0.4, 0.5) is 14.9 Å². The van der Waals surface area contributed by atoms with Crippen molar-refractivity contribution >= 4 is 51.5 Å². The normalized spacial score (nSPS) is 14.7. The Labute approximate surface area is 211 Å². The molecule has 6 nitrogen and oxygen atoms in total. The monoisotopic (exact) mass is 499 g/mol. The predicted molar refractivity (Wildman–Crippen MR) is 140 cm³/mol. The Bertz CT molecular complexity index is 1480. The zero-order chi connectivity index (χ0) is 25.1. The molecule has 0 unspecified atom stereocenters. The van der Waals surface area contributed by atoms with Crippen LogP contribution in [0.25, 0.3) is 17.0 Å². The van der Waals surface area contributed by atoms with Crippen LogP contribution in [0.2, 0.25) is 0 Å². The van der Waals surface area contributed by atoms with E-state index in [1.54, 1.807) is 16.8 Å². The van der Waals surface area contributed by atoms with Gasteiger partial charge in [-0.1, -0.05) is 48.5 Å². The highest BCUT2D eigenvalue weighted by molar-refractivity contribution is 8.18. The third-order valence-corrected chi connectivity index (χ3v) is 6.80. The van der Waals surface area contributed by atoms with Crippen molar-refractivity contribution in [2.45, 2.75) is 13.0 Å². The van der Waals surface area contributed by atoms with E-state index in [2.05, 4.69) is 5.32 Å². The fourth-order valence-electron chi connectivity index (χ4n) is 4.13. The quantitative estimate of drug-likeness (QED) is 0.331. The van der Waals surface area contributed by atoms with Gasteiger partial charge < -0.3 is 9.88 Å². The van der Waals surface area contributed by atoms with Crippen molar-refractivity contribution in [3.05, 3.63) is 107 Å². The van der Waals surface area contributed by atoms with Crippen molar-refractivity contribution < 1.29 is 18.8 Å². The Morgan fingerprint density at radius 1 is 0.944 bits per heavy atom. The largest absolute Gasteiger partial charge is 0.337 e. The van der Waals surface area contributed by atoms with Gasteiger partial charge in [0.25, 0.3) is 11.1 Å². The molecule has 1 N–H and O–H groups in total. The van der Waals surface area contributed by atoms with Crippen LogP contribution in [0.3, 0.4) is 0 Å². The van der Waals surface area contributed by atoms with E-state index in [1.165, 1.54) is 29.2 Å². The molecule has 0 radical (unpaired) electrons. The van der Waals surface area contributed by atoms with Crippen LogP contribution in [0, 0.1) is 5.82 Å². The molecule has 0 atom stereocenters. The molecule has 1 aromatic heterocycles. The van der Waals surface area contributed by atoms with E-state index in [1.807, 2.05) is 54.6 Å². The van der Waals surface area contributed by atoms with Crippen LogP contribution in [0.1, 0.15) is 11.1 Å². The summed E-state index contributed by atoms with van der Waals surface area (Å²) < 4.78 is 14.9. The number of amides is 3. The highest BCUT2D eigenvalue weighted by Crippen LogP contribution is 2.34. The maximum atomic E-state index is 13.1. The number of hydrogen-bond acceptors (Lipinski definition) is 4. The molecule has 0 spiro atoms. The molecule has 4 aromatic rings. The molecule has 1 aliphatic heterocycles. The third kappa shape index (κ3) is 5.08. The van der Waals surface area contributed by atoms with Crippen LogP contribution >= 0.6 is 11.8 Å². The Morgan fingerprint density at radius 2 is 1.67 bits per heavy atom. The summed E-state index contributed by atoms with van der Waals surface area (Å²) in [4.78, 5) is 39.8. The lowest BCUT2D eigenvalue weighted by Crippen LogP contribution is -2.30. The lowest BCUT2D eigenvalue weighted by Gasteiger charge is -2.12. The lowest BCUT2D eigenvalue weighted by molar-refractivity contribution is -0.122. The lowest BCUT2D eigenvalue weighted by atomic mass is 10.1. The van der Waals surface area contributed by atoms with Crippen molar-refractivity contribution in [3.63, 3.8) is 0 Å². The first-order valence-corrected chi connectivity index (χ1v) is 12.2. The van der Waals surface area contributed by atoms with Crippen LogP contribution in [0.5, 0.6) is 0 Å². The molecule has 180 valence electrons. The van der Waals surface area contributed by atoms with Crippen molar-refractivity contribution in [1.29, 1.82) is 0 Å². The van der Waals surface area contributed by atoms with Gasteiger partial charge in [0.05, 0.1) is 4.91 Å². The summed E-state index contributed by atoms with van der Waals surface area (Å²) >= 11 is 0.926. The predicted octanol–water partition coefficient (Wildman–Crippen LogP) is 5.70. The minimum absolute atomic E-state index is 0.0320. The molecule has 3 amide bonds. The standard InChI is InChI=1S/C28H22FN3O3S/c29-21-10-12-22(13-11-21)30-26(33)18-31-17-20(23-8-4-5-9-24(23)31)16-25-27(34)32(28(35)36-25)15-14-19-6-2-1-3-7-19/h1-13,16-17H,14-15,18H2,(H,30,33)/b25-16-. The Balaban J connectivity index is 1.35. The number of imide groups is 1. The molecule has 1 saturated heterocycles. The van der Waals surface area contributed by atoms with Gasteiger partial charge in [0.15, 0.2) is 0 Å². The maximum Gasteiger partial charge on any atom is 0.293 e. The Morgan fingerprint density at radius 3 is 2.44 bits per heavy atom. The number of thioether (sulfide) groups is 1. The number of aromatic nitrogens is 1. The van der Waals surface area contributed by atoms with E-state index in [0.29, 0.717) is 23.6 Å². The summed E-state index contributed by atoms with van der Waals surface area (Å²) in [6, 6.07) is 22.8. The second-order valence-electron chi connectivity index (χ2n) is 8.35. The van der Waals surface area contributed by atoms with Gasteiger partial charge >= 0.3 is 0 Å². The van der Waals surface area contributed by atoms with Gasteiger partial charge in [-0.2, -0.15) is 0 Å². The average molecular weight is 500 g/mol. The number of anilines is 1. The summed E-state index contributed by atoms with van der Waals surface area (Å²) in [5.41, 5.74) is 3.12. The second kappa shape index (κ2) is 10.2. The van der Waals surface area contributed by atoms with E-state index in [0.717, 1.165) is 33.8 Å². The van der Waals surface area contributed by atoms with Gasteiger partial charge in [0.1, 0.15) is 12.4 Å². The maximum absolute atomic E-state index is 13.1. The smallest absolute Gasteiger partial charge is 0.293 e. The van der Waals surface area contributed by atoms with Crippen LogP contribution < -0.4 is 5.32 Å². The van der Waals surface area contributed by atoms with E-state index >= 15 is 0 Å². The van der Waals surface area contributed by atoms with Crippen molar-refractivity contribution in [1.82, 2.24) is 9.47 Å². The van der Waals surface area contributed by atoms with Gasteiger partial charge in [0.2, 0.25) is 5.91 Å². The average Bonchev–Trinajstić information content (AvgIpc) is 3.36. The molecule has 0 bridgehead atoms. The number of hydrogen-bond donors (Lipinski definition) is 1. The molecule has 8 heteroatoms. The fraction of sp³-hybridized carbons (Fsp3) is 0.107. The highest BCUT2D eigenvalue weighted by atomic mass is 32.2. The minimum atomic E-state index is -0.376. The number of carbonyl (C=O) groups is 3. The molecule has 2 heterocycles. The van der Waals surface area contributed by atoms with Crippen LogP contribution in [-0.4, -0.2) is 33.1 Å². The number of carbonyl (C=O) groups excluding carboxylic acids is 3. The molecular formula is C28H22FN3O3S. The SMILES string of the molecule is O=C(Cn1cc(/C=C2\SC(=O)N(CCc3ccccc3)C2=O)c2ccccc21)Nc1ccc(F)cc1. The molecule has 3 aromatic carbocycles. The first-order chi connectivity index (χ1) is 17.5. The molecule has 5 rings (SSSR count). The number of nitrogens with one attached hydrogen (secondary N) is 1. The number of rotatable bonds is 7. The Kier molecular flexibility index (Phi) is 6.69. The number of benzene rings is 3. The third-order valence-electron chi connectivity index (χ3n) is 5.89. The topological polar surface area (TPSA) is 71.4 Å². The molecule has 0 aliphatic carbocycles. The van der Waals surface area contributed by atoms with Crippen LogP contribution in [-0.2, 0) is 22.6 Å². The number of fused-ring (bicyclic) bond motifs is 1. The van der Waals surface area contributed by atoms with E-state index in [9.17, 15) is 18.8 Å². The fourth-order valence-corrected chi connectivity index (χ4v) is 4.98. The summed E-state index contributed by atoms with van der Waals surface area (Å²) in [5.74, 6) is -0.958. The van der Waals surface area contributed by atoms with Crippen molar-refractivity contribution in [2.24, 2.45) is 0 Å². The molecule has 36 heavy (non-hydrogen) atoms. The van der Waals surface area contributed by atoms with Gasteiger partial charge in [-0.05, 0) is 60.2 Å². The van der Waals surface area contributed by atoms with Gasteiger partial charge in [-0.15, -0.1) is 0 Å². The first kappa shape index (κ1) is 23.6. The summed E-state index contributed by atoms with van der Waals surface area (Å²) in [5, 5.41) is 3.34. The number of para-hydroxylation sites is 1. The van der Waals surface area contributed by atoms with Gasteiger partial charge in [-0.25, -0.2) is 4.39 Å². The van der Waals surface area contributed by atoms with Gasteiger partial charge in [0, 0.05) is 34.9 Å². The first-order valence-electron chi connectivity index (χ1n) is 11.4. The highest BCUT2D eigenvalue weighted by Gasteiger charge is 2.34.